The quantitative estimate of drug-likeness (QED) is 0.0984. The van der Waals surface area contributed by atoms with Crippen LogP contribution in [0, 0.1) is 5.92 Å². The summed E-state index contributed by atoms with van der Waals surface area (Å²) in [5.41, 5.74) is 0.508. The second-order valence-corrected chi connectivity index (χ2v) is 23.5. The summed E-state index contributed by atoms with van der Waals surface area (Å²) in [4.78, 5) is 67.4. The summed E-state index contributed by atoms with van der Waals surface area (Å²) in [5, 5.41) is 61.2. The molecule has 0 bridgehead atoms. The summed E-state index contributed by atoms with van der Waals surface area (Å²) < 4.78 is 47.3. The summed E-state index contributed by atoms with van der Waals surface area (Å²) in [6, 6.07) is -4.76. The number of hydrogen-bond acceptors (Lipinski definition) is 19. The van der Waals surface area contributed by atoms with Gasteiger partial charge in [0.2, 0.25) is 12.2 Å². The van der Waals surface area contributed by atoms with Crippen molar-refractivity contribution in [2.75, 3.05) is 33.3 Å². The lowest BCUT2D eigenvalue weighted by Gasteiger charge is -2.50. The van der Waals surface area contributed by atoms with Crippen molar-refractivity contribution >= 4 is 30.3 Å². The molecule has 2 aliphatic heterocycles. The van der Waals surface area contributed by atoms with Gasteiger partial charge in [-0.3, -0.25) is 4.79 Å². The van der Waals surface area contributed by atoms with Crippen LogP contribution in [0.3, 0.4) is 0 Å². The minimum absolute atomic E-state index is 0.158. The highest BCUT2D eigenvalue weighted by atomic mass is 16.7. The van der Waals surface area contributed by atoms with Crippen molar-refractivity contribution in [2.24, 2.45) is 11.7 Å². The molecule has 0 aromatic heterocycles. The van der Waals surface area contributed by atoms with Gasteiger partial charge in [0.05, 0.1) is 37.3 Å². The molecule has 0 spiro atoms. The Labute approximate surface area is 423 Å². The van der Waals surface area contributed by atoms with E-state index >= 15 is 0 Å². The largest absolute Gasteiger partial charge is 0.466 e. The number of rotatable bonds is 16. The van der Waals surface area contributed by atoms with Crippen molar-refractivity contribution in [3.63, 3.8) is 0 Å². The lowest BCUT2D eigenvalue weighted by molar-refractivity contribution is -0.311. The van der Waals surface area contributed by atoms with E-state index in [4.69, 9.17) is 43.6 Å². The van der Waals surface area contributed by atoms with Crippen LogP contribution >= 0.6 is 0 Å². The second-order valence-electron chi connectivity index (χ2n) is 23.5. The van der Waals surface area contributed by atoms with Crippen LogP contribution in [0.5, 0.6) is 0 Å². The first-order chi connectivity index (χ1) is 33.0. The Kier molecular flexibility index (Phi) is 20.4. The summed E-state index contributed by atoms with van der Waals surface area (Å²) in [6.07, 6.45) is -11.9. The molecule has 2 heterocycles. The third kappa shape index (κ3) is 18.9. The summed E-state index contributed by atoms with van der Waals surface area (Å²) in [6.45, 7) is 21.6. The molecule has 11 N–H and O–H groups in total. The molecule has 414 valence electrons. The molecule has 24 nitrogen and oxygen atoms in total. The first-order valence-electron chi connectivity index (χ1n) is 24.7. The molecular formula is C48H85N7O17. The molecule has 2 saturated carbocycles. The SMILES string of the molecule is CN(C(=O)OC(C)(C)C)[C@@H]1[C@@H](O)[C@@H](O[C@@H]2[C@@H](O)[C@H](O[C@H]3OC(CNC[C@H]4C[C@H](N)C4)=CC[C@H]3NC(=O)OC(C)(C)C)[C@@H](NC(=O)OC(C)(C)C)C[C@H]2NC(=O)[C@@H](O)CCNC(=O)OC(C)(C)C)OC[C@]1(C)O. The van der Waals surface area contributed by atoms with Crippen LogP contribution in [0.15, 0.2) is 11.8 Å². The zero-order valence-corrected chi connectivity index (χ0v) is 44.6. The van der Waals surface area contributed by atoms with Crippen LogP contribution in [0.4, 0.5) is 19.2 Å². The van der Waals surface area contributed by atoms with E-state index in [-0.39, 0.29) is 38.4 Å². The first kappa shape index (κ1) is 60.3. The van der Waals surface area contributed by atoms with Gasteiger partial charge in [-0.2, -0.15) is 0 Å². The van der Waals surface area contributed by atoms with Crippen LogP contribution in [0.1, 0.15) is 122 Å². The van der Waals surface area contributed by atoms with E-state index < -0.39 is 132 Å². The zero-order chi connectivity index (χ0) is 54.3. The topological polar surface area (TPSA) is 330 Å². The fourth-order valence-corrected chi connectivity index (χ4v) is 8.63. The summed E-state index contributed by atoms with van der Waals surface area (Å²) in [5.74, 6) is -0.131. The van der Waals surface area contributed by atoms with Gasteiger partial charge in [0, 0.05) is 19.6 Å². The number of aliphatic hydroxyl groups excluding tert-OH is 3. The third-order valence-corrected chi connectivity index (χ3v) is 11.8. The van der Waals surface area contributed by atoms with Crippen LogP contribution < -0.4 is 32.3 Å². The Bertz CT molecular complexity index is 1870. The van der Waals surface area contributed by atoms with Crippen molar-refractivity contribution in [1.29, 1.82) is 0 Å². The number of ether oxygens (including phenoxy) is 8. The Hall–Kier alpha value is -4.27. The molecule has 0 aromatic rings. The molecule has 5 amide bonds. The predicted octanol–water partition coefficient (Wildman–Crippen LogP) is 1.73. The molecule has 4 rings (SSSR count). The van der Waals surface area contributed by atoms with Gasteiger partial charge in [-0.05, 0) is 141 Å². The molecule has 0 aromatic carbocycles. The fraction of sp³-hybridized carbons (Fsp3) is 0.854. The van der Waals surface area contributed by atoms with Gasteiger partial charge in [0.25, 0.3) is 0 Å². The predicted molar refractivity (Wildman–Crippen MR) is 259 cm³/mol. The number of likely N-dealkylation sites (N-methyl/N-ethyl adjacent to an activating group) is 1. The second kappa shape index (κ2) is 24.4. The fourth-order valence-electron chi connectivity index (χ4n) is 8.63. The van der Waals surface area contributed by atoms with E-state index in [2.05, 4.69) is 26.6 Å². The monoisotopic (exact) mass is 1030 g/mol. The average Bonchev–Trinajstić information content (AvgIpc) is 3.18. The number of nitrogens with one attached hydrogen (secondary N) is 5. The molecule has 72 heavy (non-hydrogen) atoms. The third-order valence-electron chi connectivity index (χ3n) is 11.8. The van der Waals surface area contributed by atoms with Gasteiger partial charge in [-0.1, -0.05) is 0 Å². The lowest BCUT2D eigenvalue weighted by atomic mass is 9.81. The number of amides is 5. The molecule has 12 atom stereocenters. The van der Waals surface area contributed by atoms with Crippen LogP contribution in [-0.4, -0.2) is 190 Å². The van der Waals surface area contributed by atoms with Crippen LogP contribution in [-0.2, 0) is 42.7 Å². The maximum atomic E-state index is 13.9. The molecule has 24 heteroatoms. The van der Waals surface area contributed by atoms with E-state index in [1.807, 2.05) is 0 Å². The number of hydrogen-bond donors (Lipinski definition) is 10. The molecule has 3 fully saturated rings. The number of carbonyl (C=O) groups excluding carboxylic acids is 5. The number of nitrogens with zero attached hydrogens (tertiary/aromatic N) is 1. The Morgan fingerprint density at radius 3 is 1.82 bits per heavy atom. The minimum Gasteiger partial charge on any atom is -0.466 e. The Morgan fingerprint density at radius 2 is 1.28 bits per heavy atom. The molecule has 4 aliphatic rings. The van der Waals surface area contributed by atoms with Crippen molar-refractivity contribution in [3.8, 4) is 0 Å². The van der Waals surface area contributed by atoms with Gasteiger partial charge < -0.3 is 95.5 Å². The number of aliphatic hydroxyl groups is 4. The van der Waals surface area contributed by atoms with E-state index in [1.165, 1.54) is 14.0 Å². The van der Waals surface area contributed by atoms with E-state index in [9.17, 15) is 44.4 Å². The van der Waals surface area contributed by atoms with Gasteiger partial charge in [-0.25, -0.2) is 19.2 Å². The number of carbonyl (C=O) groups is 5. The van der Waals surface area contributed by atoms with Gasteiger partial charge in [-0.15, -0.1) is 0 Å². The van der Waals surface area contributed by atoms with Crippen LogP contribution in [0.2, 0.25) is 0 Å². The first-order valence-corrected chi connectivity index (χ1v) is 24.7. The zero-order valence-electron chi connectivity index (χ0n) is 44.6. The Morgan fingerprint density at radius 1 is 0.764 bits per heavy atom. The van der Waals surface area contributed by atoms with Crippen molar-refractivity contribution in [2.45, 2.75) is 223 Å². The highest BCUT2D eigenvalue weighted by Crippen LogP contribution is 2.35. The molecular weight excluding hydrogens is 947 g/mol. The van der Waals surface area contributed by atoms with Crippen molar-refractivity contribution in [3.05, 3.63) is 11.8 Å². The number of nitrogens with two attached hydrogens (primary N) is 1. The smallest absolute Gasteiger partial charge is 0.410 e. The van der Waals surface area contributed by atoms with Gasteiger partial charge in [0.15, 0.2) is 6.29 Å². The molecule has 0 radical (unpaired) electrons. The maximum Gasteiger partial charge on any atom is 0.410 e. The minimum atomic E-state index is -1.88. The number of alkyl carbamates (subject to hydrolysis) is 3. The highest BCUT2D eigenvalue weighted by molar-refractivity contribution is 5.81. The lowest BCUT2D eigenvalue weighted by Crippen LogP contribution is -2.71. The molecule has 2 aliphatic carbocycles. The Balaban J connectivity index is 1.73. The maximum absolute atomic E-state index is 13.9. The van der Waals surface area contributed by atoms with Gasteiger partial charge in [0.1, 0.15) is 64.3 Å². The summed E-state index contributed by atoms with van der Waals surface area (Å²) in [7, 11) is 1.32. The average molecular weight is 1030 g/mol. The molecule has 0 unspecified atom stereocenters. The van der Waals surface area contributed by atoms with Gasteiger partial charge >= 0.3 is 24.4 Å². The van der Waals surface area contributed by atoms with E-state index in [0.717, 1.165) is 17.7 Å². The van der Waals surface area contributed by atoms with E-state index in [1.54, 1.807) is 89.2 Å². The summed E-state index contributed by atoms with van der Waals surface area (Å²) >= 11 is 0. The van der Waals surface area contributed by atoms with E-state index in [0.29, 0.717) is 18.2 Å². The van der Waals surface area contributed by atoms with Crippen LogP contribution in [0.25, 0.3) is 0 Å². The van der Waals surface area contributed by atoms with Crippen molar-refractivity contribution < 1.29 is 82.3 Å². The normalized spacial score (nSPS) is 31.5. The highest BCUT2D eigenvalue weighted by Gasteiger charge is 2.55. The molecule has 1 saturated heterocycles. The standard InChI is InChI=1S/C48H85N7O17/c1-44(2,3)69-40(60)51-18-17-31(56)37(59)52-29-21-30(54-42(62)71-46(7,8)9)35(32(57)34(29)68-39-33(58)36(48(13,64)24-65-39)55(14)43(63)72-47(10,11)12)67-38-28(53-41(61)70-45(4,5)6)16-15-27(66-38)23-50-22-25-19-26(49)20-25/h15,25-26,28-36,38-39,50,56-58,64H,16-24,49H2,1-14H3,(H,51,60)(H,52,59)(H,53,61)(H,54,62)/t25-,26-,28-,29-,30+,31+,32-,33-,34+,35-,36-,38-,39-,48+/m1/s1. The van der Waals surface area contributed by atoms with Crippen molar-refractivity contribution in [1.82, 2.24) is 31.5 Å².